The summed E-state index contributed by atoms with van der Waals surface area (Å²) < 4.78 is 9.59. The second-order valence-electron chi connectivity index (χ2n) is 6.87. The van der Waals surface area contributed by atoms with Crippen LogP contribution in [0.2, 0.25) is 0 Å². The van der Waals surface area contributed by atoms with Crippen LogP contribution in [0.4, 0.5) is 5.69 Å². The van der Waals surface area contributed by atoms with Crippen LogP contribution in [0.15, 0.2) is 65.7 Å². The van der Waals surface area contributed by atoms with Crippen LogP contribution in [0.25, 0.3) is 16.7 Å². The van der Waals surface area contributed by atoms with Crippen molar-refractivity contribution in [3.63, 3.8) is 0 Å². The molecule has 3 aromatic carbocycles. The molecule has 0 bridgehead atoms. The number of aryl methyl sites for hydroxylation is 2. The summed E-state index contributed by atoms with van der Waals surface area (Å²) in [5.74, 6) is 0. The van der Waals surface area contributed by atoms with Crippen LogP contribution in [0.3, 0.4) is 0 Å². The number of rotatable bonds is 4. The number of hydrogen-bond donors (Lipinski definition) is 3. The number of nitrogens with zero attached hydrogens (tertiary/aromatic N) is 1. The van der Waals surface area contributed by atoms with Crippen molar-refractivity contribution >= 4 is 23.3 Å². The fraction of sp³-hybridized carbons (Fsp3) is 0.130. The van der Waals surface area contributed by atoms with E-state index in [-0.39, 0.29) is 6.17 Å². The largest absolute Gasteiger partial charge is 0.325 e. The van der Waals surface area contributed by atoms with Crippen molar-refractivity contribution in [1.82, 2.24) is 5.43 Å². The summed E-state index contributed by atoms with van der Waals surface area (Å²) in [6.07, 6.45) is 1.74. The smallest absolute Gasteiger partial charge is 0.101 e. The summed E-state index contributed by atoms with van der Waals surface area (Å²) in [7, 11) is 0. The van der Waals surface area contributed by atoms with Crippen molar-refractivity contribution in [3.05, 3.63) is 89.6 Å². The molecule has 0 aliphatic carbocycles. The molecule has 4 N–H and O–H groups in total. The molecule has 4 nitrogen and oxygen atoms in total. The number of hydrogen-bond acceptors (Lipinski definition) is 5. The van der Waals surface area contributed by atoms with Crippen molar-refractivity contribution in [2.24, 2.45) is 5.73 Å². The molecule has 1 unspecified atom stereocenters. The summed E-state index contributed by atoms with van der Waals surface area (Å²) >= 11 is 0.690. The lowest BCUT2D eigenvalue weighted by molar-refractivity contribution is 0.664. The van der Waals surface area contributed by atoms with Crippen molar-refractivity contribution in [2.45, 2.75) is 24.9 Å². The minimum Gasteiger partial charge on any atom is -0.325 e. The minimum atomic E-state index is -0.307. The van der Waals surface area contributed by atoms with E-state index in [1.807, 2.05) is 35.5 Å². The zero-order chi connectivity index (χ0) is 19.7. The molecule has 3 aromatic rings. The molecule has 0 radical (unpaired) electrons. The molecule has 1 aliphatic heterocycles. The Morgan fingerprint density at radius 1 is 1.11 bits per heavy atom. The first-order valence-electron chi connectivity index (χ1n) is 9.01. The Labute approximate surface area is 169 Å². The molecule has 0 saturated carbocycles. The number of nitrogens with two attached hydrogens (primary N) is 1. The zero-order valence-corrected chi connectivity index (χ0v) is 16.5. The Hall–Kier alpha value is -2.75. The molecule has 140 valence electrons. The van der Waals surface area contributed by atoms with Crippen LogP contribution in [-0.4, -0.2) is 10.7 Å². The molecule has 4 rings (SSSR count). The van der Waals surface area contributed by atoms with E-state index >= 15 is 0 Å². The summed E-state index contributed by atoms with van der Waals surface area (Å²) in [6.45, 7) is 4.13. The van der Waals surface area contributed by atoms with Crippen molar-refractivity contribution in [1.29, 1.82) is 0 Å². The first kappa shape index (κ1) is 18.6. The lowest BCUT2D eigenvalue weighted by Crippen LogP contribution is -2.41. The SMILES string of the molecule is Cc1cccc(N2C=C(c3ccc(C)c(-c4ccc#cc4SO)c3)C(N)N2)c1. The maximum atomic E-state index is 9.59. The Morgan fingerprint density at radius 2 is 1.96 bits per heavy atom. The van der Waals surface area contributed by atoms with Crippen LogP contribution >= 0.6 is 12.0 Å². The minimum absolute atomic E-state index is 0.307. The van der Waals surface area contributed by atoms with Gasteiger partial charge >= 0.3 is 0 Å². The molecule has 1 heterocycles. The second kappa shape index (κ2) is 7.70. The van der Waals surface area contributed by atoms with E-state index in [1.165, 1.54) is 5.56 Å². The van der Waals surface area contributed by atoms with Gasteiger partial charge in [-0.15, -0.1) is 0 Å². The number of hydrazine groups is 1. The quantitative estimate of drug-likeness (QED) is 0.562. The normalized spacial score (nSPS) is 16.1. The molecule has 0 saturated heterocycles. The fourth-order valence-electron chi connectivity index (χ4n) is 3.41. The van der Waals surface area contributed by atoms with E-state index in [2.05, 4.69) is 61.7 Å². The number of benzene rings is 2. The van der Waals surface area contributed by atoms with Gasteiger partial charge in [-0.1, -0.05) is 36.4 Å². The summed E-state index contributed by atoms with van der Waals surface area (Å²) in [4.78, 5) is 0.659. The maximum absolute atomic E-state index is 9.59. The average Bonchev–Trinajstić information content (AvgIpc) is 3.10. The Morgan fingerprint density at radius 3 is 2.75 bits per heavy atom. The summed E-state index contributed by atoms with van der Waals surface area (Å²) in [5.41, 5.74) is 17.1. The van der Waals surface area contributed by atoms with Gasteiger partial charge in [0.05, 0.1) is 10.6 Å². The van der Waals surface area contributed by atoms with Gasteiger partial charge in [0.25, 0.3) is 0 Å². The van der Waals surface area contributed by atoms with Gasteiger partial charge < -0.3 is 10.3 Å². The van der Waals surface area contributed by atoms with Crippen LogP contribution in [0, 0.1) is 26.0 Å². The molecule has 28 heavy (non-hydrogen) atoms. The van der Waals surface area contributed by atoms with Gasteiger partial charge in [0, 0.05) is 29.4 Å². The molecule has 1 atom stereocenters. The van der Waals surface area contributed by atoms with Gasteiger partial charge in [0.15, 0.2) is 0 Å². The lowest BCUT2D eigenvalue weighted by atomic mass is 9.95. The molecule has 5 heteroatoms. The first-order chi connectivity index (χ1) is 13.6. The van der Waals surface area contributed by atoms with Crippen LogP contribution in [0.1, 0.15) is 16.7 Å². The first-order valence-corrected chi connectivity index (χ1v) is 9.78. The second-order valence-corrected chi connectivity index (χ2v) is 7.46. The Balaban J connectivity index is 1.74. The van der Waals surface area contributed by atoms with Gasteiger partial charge in [-0.2, -0.15) is 0 Å². The zero-order valence-electron chi connectivity index (χ0n) is 15.7. The standard InChI is InChI=1S/C23H21N3OS/c1-15-6-5-7-18(12-15)26-14-21(23(24)25-26)17-11-10-16(2)20(13-17)19-8-3-4-9-22(19)28-27/h3,5-8,10-14,23,25,27H,24H2,1-2H3. The highest BCUT2D eigenvalue weighted by molar-refractivity contribution is 7.93. The topological polar surface area (TPSA) is 61.5 Å². The summed E-state index contributed by atoms with van der Waals surface area (Å²) in [6, 6.07) is 24.2. The Bertz CT molecular complexity index is 1050. The third-order valence-electron chi connectivity index (χ3n) is 4.88. The lowest BCUT2D eigenvalue weighted by Gasteiger charge is -2.18. The molecule has 0 amide bonds. The van der Waals surface area contributed by atoms with E-state index < -0.39 is 0 Å². The molecule has 0 aromatic heterocycles. The molecular weight excluding hydrogens is 366 g/mol. The molecular formula is C23H21N3OS. The van der Waals surface area contributed by atoms with Gasteiger partial charge in [0.2, 0.25) is 0 Å². The number of anilines is 1. The predicted octanol–water partition coefficient (Wildman–Crippen LogP) is 4.79. The molecule has 0 spiro atoms. The van der Waals surface area contributed by atoms with Crippen molar-refractivity contribution in [3.8, 4) is 11.1 Å². The van der Waals surface area contributed by atoms with Crippen molar-refractivity contribution < 1.29 is 4.55 Å². The van der Waals surface area contributed by atoms with E-state index in [1.54, 1.807) is 0 Å². The maximum Gasteiger partial charge on any atom is 0.101 e. The van der Waals surface area contributed by atoms with Gasteiger partial charge in [-0.05, 0) is 66.4 Å². The van der Waals surface area contributed by atoms with Crippen LogP contribution in [-0.2, 0) is 0 Å². The van der Waals surface area contributed by atoms with E-state index in [9.17, 15) is 4.55 Å². The highest BCUT2D eigenvalue weighted by atomic mass is 32.2. The third kappa shape index (κ3) is 3.51. The van der Waals surface area contributed by atoms with E-state index in [0.29, 0.717) is 16.9 Å². The van der Waals surface area contributed by atoms with Gasteiger partial charge in [0.1, 0.15) is 6.17 Å². The highest BCUT2D eigenvalue weighted by Crippen LogP contribution is 2.34. The van der Waals surface area contributed by atoms with Crippen LogP contribution < -0.4 is 16.2 Å². The van der Waals surface area contributed by atoms with E-state index in [4.69, 9.17) is 5.73 Å². The van der Waals surface area contributed by atoms with Gasteiger partial charge in [-0.25, -0.2) is 5.43 Å². The van der Waals surface area contributed by atoms with Crippen LogP contribution in [0.5, 0.6) is 0 Å². The highest BCUT2D eigenvalue weighted by Gasteiger charge is 2.23. The van der Waals surface area contributed by atoms with Gasteiger partial charge in [-0.3, -0.25) is 5.01 Å². The number of nitrogens with one attached hydrogen (secondary N) is 1. The van der Waals surface area contributed by atoms with Crippen molar-refractivity contribution in [2.75, 3.05) is 5.01 Å². The third-order valence-corrected chi connectivity index (χ3v) is 5.38. The van der Waals surface area contributed by atoms with E-state index in [0.717, 1.165) is 33.5 Å². The fourth-order valence-corrected chi connectivity index (χ4v) is 3.79. The average molecular weight is 388 g/mol. The monoisotopic (exact) mass is 387 g/mol. The summed E-state index contributed by atoms with van der Waals surface area (Å²) in [5, 5.41) is 1.97. The molecule has 1 aliphatic rings. The Kier molecular flexibility index (Phi) is 5.12. The predicted molar refractivity (Wildman–Crippen MR) is 116 cm³/mol. The molecule has 0 fully saturated rings.